The van der Waals surface area contributed by atoms with E-state index in [1.54, 1.807) is 18.2 Å². The molecule has 1 aliphatic rings. The SMILES string of the molecule is O=C(Nc1cc(Cl)ccc1Br)N[C@H]1CC[C@@H](C(=O)O)C1. The Labute approximate surface area is 129 Å². The molecule has 2 rings (SSSR count). The fourth-order valence-corrected chi connectivity index (χ4v) is 2.79. The van der Waals surface area contributed by atoms with Gasteiger partial charge in [0.25, 0.3) is 0 Å². The fourth-order valence-electron chi connectivity index (χ4n) is 2.27. The number of anilines is 1. The zero-order valence-corrected chi connectivity index (χ0v) is 12.9. The van der Waals surface area contributed by atoms with Gasteiger partial charge in [0, 0.05) is 15.5 Å². The molecule has 1 aromatic rings. The van der Waals surface area contributed by atoms with Gasteiger partial charge in [0.1, 0.15) is 0 Å². The molecular weight excluding hydrogens is 348 g/mol. The highest BCUT2D eigenvalue weighted by atomic mass is 79.9. The second-order valence-corrected chi connectivity index (χ2v) is 6.06. The zero-order chi connectivity index (χ0) is 14.7. The number of carbonyl (C=O) groups is 2. The monoisotopic (exact) mass is 360 g/mol. The number of benzene rings is 1. The number of urea groups is 1. The maximum Gasteiger partial charge on any atom is 0.319 e. The van der Waals surface area contributed by atoms with Gasteiger partial charge in [-0.15, -0.1) is 0 Å². The van der Waals surface area contributed by atoms with Crippen molar-refractivity contribution in [3.8, 4) is 0 Å². The summed E-state index contributed by atoms with van der Waals surface area (Å²) in [5.74, 6) is -1.16. The molecule has 7 heteroatoms. The minimum absolute atomic E-state index is 0.103. The third-order valence-electron chi connectivity index (χ3n) is 3.29. The summed E-state index contributed by atoms with van der Waals surface area (Å²) in [7, 11) is 0. The molecule has 0 heterocycles. The van der Waals surface area contributed by atoms with Crippen molar-refractivity contribution in [1.82, 2.24) is 5.32 Å². The largest absolute Gasteiger partial charge is 0.481 e. The van der Waals surface area contributed by atoms with E-state index < -0.39 is 5.97 Å². The topological polar surface area (TPSA) is 78.4 Å². The third-order valence-corrected chi connectivity index (χ3v) is 4.22. The second kappa shape index (κ2) is 6.45. The summed E-state index contributed by atoms with van der Waals surface area (Å²) in [4.78, 5) is 22.7. The molecule has 1 fully saturated rings. The molecular formula is C13H14BrClN2O3. The maximum absolute atomic E-state index is 11.9. The van der Waals surface area contributed by atoms with Crippen LogP contribution >= 0.6 is 27.5 Å². The molecule has 1 aliphatic carbocycles. The minimum atomic E-state index is -0.799. The van der Waals surface area contributed by atoms with E-state index in [4.69, 9.17) is 16.7 Å². The maximum atomic E-state index is 11.9. The summed E-state index contributed by atoms with van der Waals surface area (Å²) >= 11 is 9.19. The Kier molecular flexibility index (Phi) is 4.88. The lowest BCUT2D eigenvalue weighted by atomic mass is 10.1. The number of halogens is 2. The number of hydrogen-bond acceptors (Lipinski definition) is 2. The average Bonchev–Trinajstić information content (AvgIpc) is 2.82. The average molecular weight is 362 g/mol. The Morgan fingerprint density at radius 2 is 2.10 bits per heavy atom. The summed E-state index contributed by atoms with van der Waals surface area (Å²) in [5, 5.41) is 14.9. The Hall–Kier alpha value is -1.27. The highest BCUT2D eigenvalue weighted by molar-refractivity contribution is 9.10. The summed E-state index contributed by atoms with van der Waals surface area (Å²) < 4.78 is 0.729. The van der Waals surface area contributed by atoms with E-state index in [1.165, 1.54) is 0 Å². The molecule has 0 spiro atoms. The van der Waals surface area contributed by atoms with Gasteiger partial charge in [0.15, 0.2) is 0 Å². The predicted octanol–water partition coefficient (Wildman–Crippen LogP) is 3.48. The lowest BCUT2D eigenvalue weighted by molar-refractivity contribution is -0.141. The van der Waals surface area contributed by atoms with Crippen molar-refractivity contribution in [2.24, 2.45) is 5.92 Å². The van der Waals surface area contributed by atoms with E-state index in [9.17, 15) is 9.59 Å². The van der Waals surface area contributed by atoms with E-state index in [0.717, 1.165) is 4.47 Å². The van der Waals surface area contributed by atoms with Crippen molar-refractivity contribution in [2.45, 2.75) is 25.3 Å². The normalized spacial score (nSPS) is 21.5. The smallest absolute Gasteiger partial charge is 0.319 e. The summed E-state index contributed by atoms with van der Waals surface area (Å²) in [6.45, 7) is 0. The van der Waals surface area contributed by atoms with Crippen molar-refractivity contribution in [2.75, 3.05) is 5.32 Å². The summed E-state index contributed by atoms with van der Waals surface area (Å²) in [6.07, 6.45) is 1.75. The van der Waals surface area contributed by atoms with Crippen LogP contribution in [0.4, 0.5) is 10.5 Å². The molecule has 2 atom stereocenters. The van der Waals surface area contributed by atoms with Crippen molar-refractivity contribution >= 4 is 45.2 Å². The lowest BCUT2D eigenvalue weighted by Gasteiger charge is -2.14. The number of carboxylic acid groups (broad SMARTS) is 1. The van der Waals surface area contributed by atoms with E-state index in [0.29, 0.717) is 30.0 Å². The molecule has 0 saturated heterocycles. The van der Waals surface area contributed by atoms with Crippen molar-refractivity contribution in [3.05, 3.63) is 27.7 Å². The van der Waals surface area contributed by atoms with Crippen LogP contribution in [-0.2, 0) is 4.79 Å². The van der Waals surface area contributed by atoms with Gasteiger partial charge in [-0.05, 0) is 53.4 Å². The van der Waals surface area contributed by atoms with Crippen LogP contribution in [0.15, 0.2) is 22.7 Å². The van der Waals surface area contributed by atoms with Crippen LogP contribution in [0.1, 0.15) is 19.3 Å². The highest BCUT2D eigenvalue weighted by Gasteiger charge is 2.30. The molecule has 1 saturated carbocycles. The van der Waals surface area contributed by atoms with E-state index in [2.05, 4.69) is 26.6 Å². The number of amides is 2. The van der Waals surface area contributed by atoms with Crippen LogP contribution < -0.4 is 10.6 Å². The van der Waals surface area contributed by atoms with Crippen molar-refractivity contribution in [3.63, 3.8) is 0 Å². The van der Waals surface area contributed by atoms with E-state index in [1.807, 2.05) is 0 Å². The van der Waals surface area contributed by atoms with Crippen LogP contribution in [0.5, 0.6) is 0 Å². The number of nitrogens with one attached hydrogen (secondary N) is 2. The standard InChI is InChI=1S/C13H14BrClN2O3/c14-10-4-2-8(15)6-11(10)17-13(20)16-9-3-1-7(5-9)12(18)19/h2,4,6-7,9H,1,3,5H2,(H,18,19)(H2,16,17,20)/t7-,9+/m1/s1. The molecule has 20 heavy (non-hydrogen) atoms. The van der Waals surface area contributed by atoms with Crippen LogP contribution in [0.2, 0.25) is 5.02 Å². The predicted molar refractivity (Wildman–Crippen MR) is 80.1 cm³/mol. The number of carbonyl (C=O) groups excluding carboxylic acids is 1. The molecule has 0 unspecified atom stereocenters. The van der Waals surface area contributed by atoms with Gasteiger partial charge in [-0.1, -0.05) is 11.6 Å². The molecule has 2 amide bonds. The first-order chi connectivity index (χ1) is 9.45. The van der Waals surface area contributed by atoms with Crippen LogP contribution in [0.3, 0.4) is 0 Å². The number of aliphatic carboxylic acids is 1. The molecule has 0 radical (unpaired) electrons. The Morgan fingerprint density at radius 1 is 1.35 bits per heavy atom. The quantitative estimate of drug-likeness (QED) is 0.771. The third kappa shape index (κ3) is 3.86. The molecule has 108 valence electrons. The van der Waals surface area contributed by atoms with Gasteiger partial charge in [0.05, 0.1) is 11.6 Å². The molecule has 3 N–H and O–H groups in total. The molecule has 5 nitrogen and oxygen atoms in total. The number of hydrogen-bond donors (Lipinski definition) is 3. The Bertz CT molecular complexity index is 538. The summed E-state index contributed by atoms with van der Waals surface area (Å²) in [6, 6.07) is 4.63. The second-order valence-electron chi connectivity index (χ2n) is 4.77. The van der Waals surface area contributed by atoms with Gasteiger partial charge in [-0.3, -0.25) is 4.79 Å². The lowest BCUT2D eigenvalue weighted by Crippen LogP contribution is -2.36. The fraction of sp³-hybridized carbons (Fsp3) is 0.385. The zero-order valence-electron chi connectivity index (χ0n) is 10.5. The van der Waals surface area contributed by atoms with Gasteiger partial charge in [0.2, 0.25) is 0 Å². The van der Waals surface area contributed by atoms with Crippen LogP contribution in [0, 0.1) is 5.92 Å². The highest BCUT2D eigenvalue weighted by Crippen LogP contribution is 2.27. The Balaban J connectivity index is 1.90. The van der Waals surface area contributed by atoms with Gasteiger partial charge < -0.3 is 15.7 Å². The summed E-state index contributed by atoms with van der Waals surface area (Å²) in [5.41, 5.74) is 0.572. The first kappa shape index (κ1) is 15.1. The van der Waals surface area contributed by atoms with Crippen LogP contribution in [0.25, 0.3) is 0 Å². The van der Waals surface area contributed by atoms with Crippen molar-refractivity contribution < 1.29 is 14.7 Å². The first-order valence-electron chi connectivity index (χ1n) is 6.21. The first-order valence-corrected chi connectivity index (χ1v) is 7.38. The molecule has 1 aromatic carbocycles. The van der Waals surface area contributed by atoms with E-state index in [-0.39, 0.29) is 18.0 Å². The Morgan fingerprint density at radius 3 is 2.75 bits per heavy atom. The molecule has 0 bridgehead atoms. The number of carboxylic acids is 1. The molecule has 0 aliphatic heterocycles. The van der Waals surface area contributed by atoms with Gasteiger partial charge in [-0.25, -0.2) is 4.79 Å². The van der Waals surface area contributed by atoms with Gasteiger partial charge in [-0.2, -0.15) is 0 Å². The van der Waals surface area contributed by atoms with Crippen molar-refractivity contribution in [1.29, 1.82) is 0 Å². The minimum Gasteiger partial charge on any atom is -0.481 e. The van der Waals surface area contributed by atoms with E-state index >= 15 is 0 Å². The van der Waals surface area contributed by atoms with Crippen LogP contribution in [-0.4, -0.2) is 23.1 Å². The molecule has 0 aromatic heterocycles. The number of rotatable bonds is 3. The van der Waals surface area contributed by atoms with Gasteiger partial charge >= 0.3 is 12.0 Å².